The van der Waals surface area contributed by atoms with Gasteiger partial charge in [0.15, 0.2) is 6.10 Å². The van der Waals surface area contributed by atoms with E-state index < -0.39 is 16.1 Å². The molecule has 3 aromatic rings. The molecule has 30 heavy (non-hydrogen) atoms. The van der Waals surface area contributed by atoms with E-state index in [1.54, 1.807) is 26.8 Å². The standard InChI is InChI=1S/C21H23N3O5S/c1-13-6-5-7-18(12-13)28-16(4)20(25)22-17-8-10-19(11-9-17)30(26,27)24-21-14(2)15(3)23-29-21/h5-12,16,24H,1-4H3,(H,22,25). The highest BCUT2D eigenvalue weighted by Crippen LogP contribution is 2.23. The fourth-order valence-electron chi connectivity index (χ4n) is 2.60. The van der Waals surface area contributed by atoms with Gasteiger partial charge in [-0.1, -0.05) is 17.3 Å². The van der Waals surface area contributed by atoms with Crippen LogP contribution in [0.15, 0.2) is 57.9 Å². The minimum absolute atomic E-state index is 0.0259. The van der Waals surface area contributed by atoms with Crippen molar-refractivity contribution >= 4 is 27.5 Å². The maximum absolute atomic E-state index is 12.5. The quantitative estimate of drug-likeness (QED) is 0.591. The highest BCUT2D eigenvalue weighted by molar-refractivity contribution is 7.92. The number of rotatable bonds is 7. The van der Waals surface area contributed by atoms with Crippen LogP contribution in [0.4, 0.5) is 11.6 Å². The van der Waals surface area contributed by atoms with E-state index in [9.17, 15) is 13.2 Å². The average Bonchev–Trinajstić information content (AvgIpc) is 3.00. The zero-order valence-electron chi connectivity index (χ0n) is 17.1. The molecular weight excluding hydrogens is 406 g/mol. The molecule has 1 aromatic heterocycles. The summed E-state index contributed by atoms with van der Waals surface area (Å²) in [6.07, 6.45) is -0.727. The highest BCUT2D eigenvalue weighted by atomic mass is 32.2. The van der Waals surface area contributed by atoms with Crippen LogP contribution in [0.3, 0.4) is 0 Å². The summed E-state index contributed by atoms with van der Waals surface area (Å²) in [4.78, 5) is 12.4. The SMILES string of the molecule is Cc1cccc(OC(C)C(=O)Nc2ccc(S(=O)(=O)Nc3onc(C)c3C)cc2)c1. The smallest absolute Gasteiger partial charge is 0.265 e. The maximum Gasteiger partial charge on any atom is 0.265 e. The lowest BCUT2D eigenvalue weighted by Crippen LogP contribution is -2.30. The van der Waals surface area contributed by atoms with Crippen molar-refractivity contribution < 1.29 is 22.5 Å². The second-order valence-electron chi connectivity index (χ2n) is 6.92. The van der Waals surface area contributed by atoms with Gasteiger partial charge < -0.3 is 14.6 Å². The number of nitrogens with one attached hydrogen (secondary N) is 2. The molecule has 0 fully saturated rings. The summed E-state index contributed by atoms with van der Waals surface area (Å²) >= 11 is 0. The van der Waals surface area contributed by atoms with Crippen LogP contribution < -0.4 is 14.8 Å². The molecule has 0 radical (unpaired) electrons. The molecule has 2 N–H and O–H groups in total. The number of amides is 1. The maximum atomic E-state index is 12.5. The summed E-state index contributed by atoms with van der Waals surface area (Å²) in [5.74, 6) is 0.327. The van der Waals surface area contributed by atoms with E-state index in [4.69, 9.17) is 9.26 Å². The molecule has 0 aliphatic heterocycles. The van der Waals surface area contributed by atoms with Gasteiger partial charge in [-0.05, 0) is 69.7 Å². The second-order valence-corrected chi connectivity index (χ2v) is 8.60. The van der Waals surface area contributed by atoms with Crippen molar-refractivity contribution in [2.45, 2.75) is 38.7 Å². The predicted molar refractivity (Wildman–Crippen MR) is 113 cm³/mol. The minimum atomic E-state index is -3.85. The van der Waals surface area contributed by atoms with E-state index in [1.807, 2.05) is 25.1 Å². The first kappa shape index (κ1) is 21.4. The number of hydrogen-bond acceptors (Lipinski definition) is 6. The molecule has 8 nitrogen and oxygen atoms in total. The van der Waals surface area contributed by atoms with Crippen LogP contribution in [0.1, 0.15) is 23.7 Å². The lowest BCUT2D eigenvalue weighted by Gasteiger charge is -2.15. The number of carbonyl (C=O) groups is 1. The Kier molecular flexibility index (Phi) is 6.12. The molecule has 1 heterocycles. The zero-order valence-corrected chi connectivity index (χ0v) is 17.9. The number of carbonyl (C=O) groups excluding carboxylic acids is 1. The summed E-state index contributed by atoms with van der Waals surface area (Å²) in [5, 5.41) is 6.44. The van der Waals surface area contributed by atoms with Crippen molar-refractivity contribution in [1.82, 2.24) is 5.16 Å². The lowest BCUT2D eigenvalue weighted by molar-refractivity contribution is -0.122. The molecular formula is C21H23N3O5S. The number of aryl methyl sites for hydroxylation is 2. The molecule has 0 aliphatic rings. The first-order valence-electron chi connectivity index (χ1n) is 9.25. The molecule has 1 atom stereocenters. The van der Waals surface area contributed by atoms with Gasteiger partial charge in [-0.2, -0.15) is 0 Å². The summed E-state index contributed by atoms with van der Waals surface area (Å²) in [5.41, 5.74) is 2.70. The molecule has 1 amide bonds. The average molecular weight is 429 g/mol. The first-order chi connectivity index (χ1) is 14.2. The van der Waals surface area contributed by atoms with Crippen molar-refractivity contribution in [3.05, 3.63) is 65.4 Å². The van der Waals surface area contributed by atoms with Gasteiger partial charge in [0.2, 0.25) is 5.88 Å². The second kappa shape index (κ2) is 8.58. The summed E-state index contributed by atoms with van der Waals surface area (Å²) in [7, 11) is -3.85. The Morgan fingerprint density at radius 3 is 2.40 bits per heavy atom. The fourth-order valence-corrected chi connectivity index (χ4v) is 3.65. The molecule has 3 rings (SSSR count). The molecule has 0 spiro atoms. The van der Waals surface area contributed by atoms with E-state index in [2.05, 4.69) is 15.2 Å². The van der Waals surface area contributed by atoms with Crippen molar-refractivity contribution in [3.63, 3.8) is 0 Å². The normalized spacial score (nSPS) is 12.3. The number of sulfonamides is 1. The minimum Gasteiger partial charge on any atom is -0.481 e. The lowest BCUT2D eigenvalue weighted by atomic mass is 10.2. The van der Waals surface area contributed by atoms with E-state index in [0.717, 1.165) is 5.56 Å². The van der Waals surface area contributed by atoms with Gasteiger partial charge in [0.25, 0.3) is 15.9 Å². The molecule has 9 heteroatoms. The van der Waals surface area contributed by atoms with Crippen LogP contribution in [-0.2, 0) is 14.8 Å². The monoisotopic (exact) mass is 429 g/mol. The number of nitrogens with zero attached hydrogens (tertiary/aromatic N) is 1. The van der Waals surface area contributed by atoms with Crippen LogP contribution in [0.2, 0.25) is 0 Å². The first-order valence-corrected chi connectivity index (χ1v) is 10.7. The van der Waals surface area contributed by atoms with Gasteiger partial charge in [-0.3, -0.25) is 4.79 Å². The number of anilines is 2. The van der Waals surface area contributed by atoms with Crippen molar-refractivity contribution in [3.8, 4) is 5.75 Å². The van der Waals surface area contributed by atoms with Crippen LogP contribution in [-0.4, -0.2) is 25.6 Å². The molecule has 158 valence electrons. The molecule has 0 aliphatic carbocycles. The Morgan fingerprint density at radius 2 is 1.80 bits per heavy atom. The van der Waals surface area contributed by atoms with Crippen molar-refractivity contribution in [2.24, 2.45) is 0 Å². The summed E-state index contributed by atoms with van der Waals surface area (Å²) < 4.78 is 38.1. The Hall–Kier alpha value is -3.33. The van der Waals surface area contributed by atoms with Crippen molar-refractivity contribution in [2.75, 3.05) is 10.0 Å². The van der Waals surface area contributed by atoms with Gasteiger partial charge in [0.1, 0.15) is 5.75 Å². The van der Waals surface area contributed by atoms with Gasteiger partial charge in [0, 0.05) is 11.3 Å². The van der Waals surface area contributed by atoms with E-state index >= 15 is 0 Å². The fraction of sp³-hybridized carbons (Fsp3) is 0.238. The Bertz CT molecular complexity index is 1150. The van der Waals surface area contributed by atoms with Gasteiger partial charge in [-0.25, -0.2) is 13.1 Å². The van der Waals surface area contributed by atoms with Crippen LogP contribution in [0.5, 0.6) is 5.75 Å². The van der Waals surface area contributed by atoms with Gasteiger partial charge in [-0.15, -0.1) is 0 Å². The summed E-state index contributed by atoms with van der Waals surface area (Å²) in [6.45, 7) is 7.01. The largest absolute Gasteiger partial charge is 0.481 e. The predicted octanol–water partition coefficient (Wildman–Crippen LogP) is 3.81. The topological polar surface area (TPSA) is 111 Å². The summed E-state index contributed by atoms with van der Waals surface area (Å²) in [6, 6.07) is 13.2. The number of ether oxygens (including phenoxy) is 1. The number of hydrogen-bond donors (Lipinski definition) is 2. The molecule has 2 aromatic carbocycles. The van der Waals surface area contributed by atoms with Crippen LogP contribution >= 0.6 is 0 Å². The molecule has 0 saturated heterocycles. The number of aromatic nitrogens is 1. The Balaban J connectivity index is 1.64. The van der Waals surface area contributed by atoms with E-state index in [0.29, 0.717) is 22.7 Å². The third-order valence-electron chi connectivity index (χ3n) is 4.49. The van der Waals surface area contributed by atoms with E-state index in [-0.39, 0.29) is 16.7 Å². The third kappa shape index (κ3) is 4.98. The van der Waals surface area contributed by atoms with E-state index in [1.165, 1.54) is 24.3 Å². The Labute approximate surface area is 175 Å². The van der Waals surface area contributed by atoms with Gasteiger partial charge in [0.05, 0.1) is 10.6 Å². The van der Waals surface area contributed by atoms with Crippen LogP contribution in [0, 0.1) is 20.8 Å². The highest BCUT2D eigenvalue weighted by Gasteiger charge is 2.20. The molecule has 0 bridgehead atoms. The van der Waals surface area contributed by atoms with Crippen LogP contribution in [0.25, 0.3) is 0 Å². The van der Waals surface area contributed by atoms with Gasteiger partial charge >= 0.3 is 0 Å². The van der Waals surface area contributed by atoms with Crippen molar-refractivity contribution in [1.29, 1.82) is 0 Å². The Morgan fingerprint density at radius 1 is 1.10 bits per heavy atom. The third-order valence-corrected chi connectivity index (χ3v) is 5.83. The number of benzene rings is 2. The molecule has 1 unspecified atom stereocenters. The zero-order chi connectivity index (χ0) is 21.9. The molecule has 0 saturated carbocycles.